The molecule has 0 saturated heterocycles. The summed E-state index contributed by atoms with van der Waals surface area (Å²) in [5.41, 5.74) is 5.42. The lowest BCUT2D eigenvalue weighted by Gasteiger charge is -2.10. The molecule has 0 radical (unpaired) electrons. The minimum atomic E-state index is -1.14. The minimum Gasteiger partial charge on any atom is -0.478 e. The van der Waals surface area contributed by atoms with Crippen LogP contribution in [0.15, 0.2) is 18.2 Å². The quantitative estimate of drug-likeness (QED) is 0.609. The molecular formula is C11H14ClN3O3. The van der Waals surface area contributed by atoms with Crippen LogP contribution in [-0.4, -0.2) is 30.2 Å². The van der Waals surface area contributed by atoms with Crippen molar-refractivity contribution in [1.82, 2.24) is 5.32 Å². The summed E-state index contributed by atoms with van der Waals surface area (Å²) in [4.78, 5) is 22.4. The molecule has 1 aromatic carbocycles. The number of halogens is 1. The third-order valence-electron chi connectivity index (χ3n) is 2.13. The molecule has 6 nitrogen and oxygen atoms in total. The Morgan fingerprint density at radius 1 is 1.39 bits per heavy atom. The Kier molecular flexibility index (Phi) is 5.41. The first-order valence-electron chi connectivity index (χ1n) is 5.32. The van der Waals surface area contributed by atoms with Gasteiger partial charge in [0.2, 0.25) is 0 Å². The molecule has 0 aromatic heterocycles. The van der Waals surface area contributed by atoms with Crippen molar-refractivity contribution in [1.29, 1.82) is 0 Å². The van der Waals surface area contributed by atoms with E-state index < -0.39 is 12.0 Å². The number of carboxylic acid groups (broad SMARTS) is 1. The monoisotopic (exact) mass is 271 g/mol. The number of benzene rings is 1. The molecule has 0 unspecified atom stereocenters. The lowest BCUT2D eigenvalue weighted by molar-refractivity contribution is 0.0698. The van der Waals surface area contributed by atoms with E-state index in [1.807, 2.05) is 0 Å². The molecule has 18 heavy (non-hydrogen) atoms. The molecule has 2 amide bonds. The van der Waals surface area contributed by atoms with Crippen LogP contribution < -0.4 is 16.4 Å². The van der Waals surface area contributed by atoms with Crippen molar-refractivity contribution in [3.63, 3.8) is 0 Å². The first kappa shape index (κ1) is 14.3. The van der Waals surface area contributed by atoms with Crippen LogP contribution in [0.3, 0.4) is 0 Å². The van der Waals surface area contributed by atoms with E-state index in [0.717, 1.165) is 0 Å². The van der Waals surface area contributed by atoms with Gasteiger partial charge in [0.25, 0.3) is 0 Å². The Hall–Kier alpha value is -1.79. The van der Waals surface area contributed by atoms with Crippen LogP contribution in [0.25, 0.3) is 0 Å². The Bertz CT molecular complexity index is 451. The zero-order chi connectivity index (χ0) is 13.5. The number of aromatic carboxylic acids is 1. The number of amides is 2. The predicted molar refractivity (Wildman–Crippen MR) is 69.1 cm³/mol. The van der Waals surface area contributed by atoms with Crippen molar-refractivity contribution in [2.75, 3.05) is 18.4 Å². The average Bonchev–Trinajstić information content (AvgIpc) is 2.29. The molecule has 0 saturated carbocycles. The Labute approximate surface area is 109 Å². The summed E-state index contributed by atoms with van der Waals surface area (Å²) in [7, 11) is 0. The Morgan fingerprint density at radius 3 is 2.72 bits per heavy atom. The highest BCUT2D eigenvalue weighted by molar-refractivity contribution is 6.31. The highest BCUT2D eigenvalue weighted by atomic mass is 35.5. The summed E-state index contributed by atoms with van der Waals surface area (Å²) in [6.45, 7) is 0.892. The zero-order valence-electron chi connectivity index (χ0n) is 9.57. The van der Waals surface area contributed by atoms with Crippen LogP contribution in [0.4, 0.5) is 10.5 Å². The van der Waals surface area contributed by atoms with E-state index in [-0.39, 0.29) is 11.3 Å². The molecule has 0 spiro atoms. The number of carbonyl (C=O) groups is 2. The van der Waals surface area contributed by atoms with Gasteiger partial charge in [0, 0.05) is 11.6 Å². The molecule has 0 bridgehead atoms. The van der Waals surface area contributed by atoms with Gasteiger partial charge in [-0.25, -0.2) is 9.59 Å². The summed E-state index contributed by atoms with van der Waals surface area (Å²) in [5.74, 6) is -1.14. The van der Waals surface area contributed by atoms with Gasteiger partial charge in [-0.3, -0.25) is 0 Å². The van der Waals surface area contributed by atoms with Crippen LogP contribution in [0.1, 0.15) is 16.8 Å². The van der Waals surface area contributed by atoms with Gasteiger partial charge in [0.05, 0.1) is 11.3 Å². The van der Waals surface area contributed by atoms with Gasteiger partial charge in [-0.15, -0.1) is 0 Å². The van der Waals surface area contributed by atoms with Gasteiger partial charge in [-0.1, -0.05) is 11.6 Å². The van der Waals surface area contributed by atoms with Gasteiger partial charge in [-0.2, -0.15) is 0 Å². The normalized spacial score (nSPS) is 9.89. The van der Waals surface area contributed by atoms with Crippen molar-refractivity contribution in [3.8, 4) is 0 Å². The van der Waals surface area contributed by atoms with E-state index in [1.165, 1.54) is 18.2 Å². The average molecular weight is 272 g/mol. The van der Waals surface area contributed by atoms with Gasteiger partial charge in [0.15, 0.2) is 0 Å². The largest absolute Gasteiger partial charge is 0.478 e. The number of anilines is 1. The fraction of sp³-hybridized carbons (Fsp3) is 0.273. The molecule has 0 aliphatic rings. The number of hydrogen-bond acceptors (Lipinski definition) is 3. The maximum Gasteiger partial charge on any atom is 0.337 e. The maximum atomic E-state index is 11.5. The number of rotatable bonds is 5. The van der Waals surface area contributed by atoms with Crippen molar-refractivity contribution in [2.24, 2.45) is 5.73 Å². The molecule has 5 N–H and O–H groups in total. The van der Waals surface area contributed by atoms with E-state index in [2.05, 4.69) is 10.6 Å². The number of hydrogen-bond donors (Lipinski definition) is 4. The molecular weight excluding hydrogens is 258 g/mol. The third-order valence-corrected chi connectivity index (χ3v) is 2.36. The van der Waals surface area contributed by atoms with Gasteiger partial charge < -0.3 is 21.5 Å². The van der Waals surface area contributed by atoms with Crippen LogP contribution in [0, 0.1) is 0 Å². The van der Waals surface area contributed by atoms with E-state index in [0.29, 0.717) is 24.5 Å². The van der Waals surface area contributed by atoms with E-state index in [9.17, 15) is 9.59 Å². The molecule has 1 rings (SSSR count). The van der Waals surface area contributed by atoms with Gasteiger partial charge in [-0.05, 0) is 31.2 Å². The Morgan fingerprint density at radius 2 is 2.11 bits per heavy atom. The summed E-state index contributed by atoms with van der Waals surface area (Å²) in [6.07, 6.45) is 0.648. The molecule has 0 fully saturated rings. The first-order valence-corrected chi connectivity index (χ1v) is 5.70. The summed E-state index contributed by atoms with van der Waals surface area (Å²) < 4.78 is 0. The van der Waals surface area contributed by atoms with Gasteiger partial charge >= 0.3 is 12.0 Å². The number of nitrogens with two attached hydrogens (primary N) is 1. The smallest absolute Gasteiger partial charge is 0.337 e. The van der Waals surface area contributed by atoms with E-state index >= 15 is 0 Å². The predicted octanol–water partition coefficient (Wildman–Crippen LogP) is 1.51. The molecule has 7 heteroatoms. The fourth-order valence-electron chi connectivity index (χ4n) is 1.28. The molecule has 0 atom stereocenters. The van der Waals surface area contributed by atoms with Gasteiger partial charge in [0.1, 0.15) is 0 Å². The first-order chi connectivity index (χ1) is 8.54. The molecule has 1 aromatic rings. The zero-order valence-corrected chi connectivity index (χ0v) is 10.3. The topological polar surface area (TPSA) is 104 Å². The summed E-state index contributed by atoms with van der Waals surface area (Å²) in [5, 5.41) is 14.3. The van der Waals surface area contributed by atoms with Crippen LogP contribution in [0.2, 0.25) is 5.02 Å². The van der Waals surface area contributed by atoms with Crippen LogP contribution >= 0.6 is 11.6 Å². The second-order valence-electron chi connectivity index (χ2n) is 3.52. The highest BCUT2D eigenvalue weighted by Crippen LogP contribution is 2.21. The van der Waals surface area contributed by atoms with Crippen molar-refractivity contribution < 1.29 is 14.7 Å². The number of carboxylic acids is 1. The standard InChI is InChI=1S/C11H14ClN3O3/c12-7-2-3-8(10(16)17)9(6-7)15-11(18)14-5-1-4-13/h2-3,6H,1,4-5,13H2,(H,16,17)(H2,14,15,18). The molecule has 0 aliphatic heterocycles. The molecule has 0 heterocycles. The number of carbonyl (C=O) groups excluding carboxylic acids is 1. The fourth-order valence-corrected chi connectivity index (χ4v) is 1.45. The minimum absolute atomic E-state index is 0.0200. The van der Waals surface area contributed by atoms with Crippen LogP contribution in [-0.2, 0) is 0 Å². The molecule has 0 aliphatic carbocycles. The number of nitrogens with one attached hydrogen (secondary N) is 2. The second-order valence-corrected chi connectivity index (χ2v) is 3.95. The summed E-state index contributed by atoms with van der Waals surface area (Å²) in [6, 6.07) is 3.67. The lowest BCUT2D eigenvalue weighted by Crippen LogP contribution is -2.31. The molecule has 98 valence electrons. The Balaban J connectivity index is 2.73. The third kappa shape index (κ3) is 4.23. The van der Waals surface area contributed by atoms with Crippen molar-refractivity contribution in [2.45, 2.75) is 6.42 Å². The SMILES string of the molecule is NCCCNC(=O)Nc1cc(Cl)ccc1C(=O)O. The van der Waals surface area contributed by atoms with E-state index in [1.54, 1.807) is 0 Å². The lowest BCUT2D eigenvalue weighted by atomic mass is 10.2. The second kappa shape index (κ2) is 6.83. The number of urea groups is 1. The van der Waals surface area contributed by atoms with Crippen molar-refractivity contribution >= 4 is 29.3 Å². The van der Waals surface area contributed by atoms with Crippen molar-refractivity contribution in [3.05, 3.63) is 28.8 Å². The van der Waals surface area contributed by atoms with Crippen LogP contribution in [0.5, 0.6) is 0 Å². The summed E-state index contributed by atoms with van der Waals surface area (Å²) >= 11 is 5.75. The van der Waals surface area contributed by atoms with E-state index in [4.69, 9.17) is 22.4 Å². The highest BCUT2D eigenvalue weighted by Gasteiger charge is 2.12. The maximum absolute atomic E-state index is 11.5.